The molecule has 0 bridgehead atoms. The van der Waals surface area contributed by atoms with Gasteiger partial charge < -0.3 is 20.1 Å². The quantitative estimate of drug-likeness (QED) is 0.539. The van der Waals surface area contributed by atoms with Gasteiger partial charge in [-0.3, -0.25) is 0 Å². The van der Waals surface area contributed by atoms with Gasteiger partial charge in [0.2, 0.25) is 0 Å². The lowest BCUT2D eigenvalue weighted by atomic mass is 10.3. The Morgan fingerprint density at radius 1 is 1.45 bits per heavy atom. The molecule has 0 unspecified atom stereocenters. The topological polar surface area (TPSA) is 59.6 Å². The van der Waals surface area contributed by atoms with E-state index in [9.17, 15) is 4.79 Å². The van der Waals surface area contributed by atoms with E-state index in [1.54, 1.807) is 18.2 Å². The molecule has 0 aliphatic rings. The summed E-state index contributed by atoms with van der Waals surface area (Å²) in [4.78, 5) is 11.7. The van der Waals surface area contributed by atoms with E-state index >= 15 is 0 Å². The largest absolute Gasteiger partial charge is 0.489 e. The maximum Gasteiger partial charge on any atom is 0.319 e. The summed E-state index contributed by atoms with van der Waals surface area (Å²) in [5.41, 5.74) is 0.689. The third-order valence-corrected chi connectivity index (χ3v) is 2.41. The first-order valence-corrected chi connectivity index (χ1v) is 6.72. The number of amides is 2. The maximum absolute atomic E-state index is 11.7. The summed E-state index contributed by atoms with van der Waals surface area (Å²) < 4.78 is 10.6. The Morgan fingerprint density at radius 3 is 3.05 bits per heavy atom. The molecular weight excluding hydrogens is 256 g/mol. The fraction of sp³-hybridized carbons (Fsp3) is 0.400. The second-order valence-electron chi connectivity index (χ2n) is 4.06. The molecule has 0 aliphatic heterocycles. The molecule has 0 fully saturated rings. The molecule has 0 radical (unpaired) electrons. The van der Waals surface area contributed by atoms with Crippen LogP contribution in [0, 0.1) is 0 Å². The molecule has 0 saturated heterocycles. The molecule has 0 spiro atoms. The van der Waals surface area contributed by atoms with Crippen molar-refractivity contribution in [3.63, 3.8) is 0 Å². The maximum atomic E-state index is 11.7. The van der Waals surface area contributed by atoms with Gasteiger partial charge in [-0.15, -0.1) is 0 Å². The van der Waals surface area contributed by atoms with Crippen molar-refractivity contribution in [3.8, 4) is 5.75 Å². The molecule has 20 heavy (non-hydrogen) atoms. The van der Waals surface area contributed by atoms with E-state index in [1.807, 2.05) is 19.1 Å². The third kappa shape index (κ3) is 6.80. The van der Waals surface area contributed by atoms with Crippen molar-refractivity contribution in [3.05, 3.63) is 36.9 Å². The summed E-state index contributed by atoms with van der Waals surface area (Å²) >= 11 is 0. The summed E-state index contributed by atoms with van der Waals surface area (Å²) in [6.07, 6.45) is 2.47. The standard InChI is InChI=1S/C15H22N2O3/c1-3-10-20-14-8-5-7-13(12-14)17-15(18)16-9-6-11-19-4-2/h3,5,7-8,12H,1,4,6,9-11H2,2H3,(H2,16,17,18). The first-order valence-electron chi connectivity index (χ1n) is 6.72. The van der Waals surface area contributed by atoms with Crippen molar-refractivity contribution in [2.24, 2.45) is 0 Å². The normalized spacial score (nSPS) is 9.85. The number of hydrogen-bond acceptors (Lipinski definition) is 3. The van der Waals surface area contributed by atoms with Crippen LogP contribution in [0.15, 0.2) is 36.9 Å². The van der Waals surface area contributed by atoms with Gasteiger partial charge in [0.15, 0.2) is 0 Å². The molecule has 0 saturated carbocycles. The van der Waals surface area contributed by atoms with Crippen LogP contribution in [0.1, 0.15) is 13.3 Å². The van der Waals surface area contributed by atoms with Crippen molar-refractivity contribution in [1.29, 1.82) is 0 Å². The fourth-order valence-electron chi connectivity index (χ4n) is 1.51. The van der Waals surface area contributed by atoms with Gasteiger partial charge in [-0.1, -0.05) is 18.7 Å². The molecule has 1 aromatic rings. The number of carbonyl (C=O) groups is 1. The first-order chi connectivity index (χ1) is 9.76. The molecule has 0 heterocycles. The van der Waals surface area contributed by atoms with Crippen LogP contribution in [-0.4, -0.2) is 32.4 Å². The molecule has 5 nitrogen and oxygen atoms in total. The third-order valence-electron chi connectivity index (χ3n) is 2.41. The minimum Gasteiger partial charge on any atom is -0.489 e. The van der Waals surface area contributed by atoms with Crippen LogP contribution in [-0.2, 0) is 4.74 Å². The summed E-state index contributed by atoms with van der Waals surface area (Å²) in [5.74, 6) is 0.694. The number of carbonyl (C=O) groups excluding carboxylic acids is 1. The van der Waals surface area contributed by atoms with Gasteiger partial charge in [-0.25, -0.2) is 4.79 Å². The summed E-state index contributed by atoms with van der Waals surface area (Å²) in [6.45, 7) is 7.90. The highest BCUT2D eigenvalue weighted by Gasteiger charge is 2.02. The lowest BCUT2D eigenvalue weighted by Crippen LogP contribution is -2.30. The molecule has 1 rings (SSSR count). The number of nitrogens with one attached hydrogen (secondary N) is 2. The van der Waals surface area contributed by atoms with Crippen molar-refractivity contribution < 1.29 is 14.3 Å². The molecule has 2 N–H and O–H groups in total. The highest BCUT2D eigenvalue weighted by molar-refractivity contribution is 5.89. The zero-order valence-corrected chi connectivity index (χ0v) is 11.9. The lowest BCUT2D eigenvalue weighted by Gasteiger charge is -2.09. The molecule has 2 amide bonds. The summed E-state index contributed by atoms with van der Waals surface area (Å²) in [6, 6.07) is 6.99. The molecule has 1 aromatic carbocycles. The monoisotopic (exact) mass is 278 g/mol. The average Bonchev–Trinajstić information content (AvgIpc) is 2.45. The SMILES string of the molecule is C=CCOc1cccc(NC(=O)NCCCOCC)c1. The number of ether oxygens (including phenoxy) is 2. The van der Waals surface area contributed by atoms with Crippen LogP contribution in [0.25, 0.3) is 0 Å². The van der Waals surface area contributed by atoms with Gasteiger partial charge >= 0.3 is 6.03 Å². The molecule has 0 atom stereocenters. The van der Waals surface area contributed by atoms with Crippen molar-refractivity contribution in [2.45, 2.75) is 13.3 Å². The van der Waals surface area contributed by atoms with E-state index in [-0.39, 0.29) is 6.03 Å². The Labute approximate surface area is 120 Å². The van der Waals surface area contributed by atoms with E-state index in [4.69, 9.17) is 9.47 Å². The van der Waals surface area contributed by atoms with Gasteiger partial charge in [-0.2, -0.15) is 0 Å². The predicted octanol–water partition coefficient (Wildman–Crippen LogP) is 2.80. The van der Waals surface area contributed by atoms with Crippen LogP contribution in [0.5, 0.6) is 5.75 Å². The number of rotatable bonds is 9. The van der Waals surface area contributed by atoms with E-state index in [1.165, 1.54) is 0 Å². The smallest absolute Gasteiger partial charge is 0.319 e. The highest BCUT2D eigenvalue weighted by atomic mass is 16.5. The van der Waals surface area contributed by atoms with E-state index in [0.29, 0.717) is 37.8 Å². The van der Waals surface area contributed by atoms with Gasteiger partial charge in [0, 0.05) is 31.5 Å². The Hall–Kier alpha value is -2.01. The lowest BCUT2D eigenvalue weighted by molar-refractivity contribution is 0.145. The summed E-state index contributed by atoms with van der Waals surface area (Å²) in [5, 5.41) is 5.52. The van der Waals surface area contributed by atoms with Crippen LogP contribution >= 0.6 is 0 Å². The minimum absolute atomic E-state index is 0.234. The van der Waals surface area contributed by atoms with Crippen LogP contribution in [0.3, 0.4) is 0 Å². The van der Waals surface area contributed by atoms with Gasteiger partial charge in [-0.05, 0) is 25.5 Å². The van der Waals surface area contributed by atoms with Crippen LogP contribution in [0.4, 0.5) is 10.5 Å². The fourth-order valence-corrected chi connectivity index (χ4v) is 1.51. The number of hydrogen-bond donors (Lipinski definition) is 2. The number of anilines is 1. The Morgan fingerprint density at radius 2 is 2.30 bits per heavy atom. The summed E-state index contributed by atoms with van der Waals surface area (Å²) in [7, 11) is 0. The van der Waals surface area contributed by atoms with E-state index < -0.39 is 0 Å². The average molecular weight is 278 g/mol. The van der Waals surface area contributed by atoms with Crippen LogP contribution < -0.4 is 15.4 Å². The van der Waals surface area contributed by atoms with Gasteiger partial charge in [0.25, 0.3) is 0 Å². The van der Waals surface area contributed by atoms with Crippen LogP contribution in [0.2, 0.25) is 0 Å². The van der Waals surface area contributed by atoms with Gasteiger partial charge in [0.1, 0.15) is 12.4 Å². The van der Waals surface area contributed by atoms with Gasteiger partial charge in [0.05, 0.1) is 0 Å². The zero-order chi connectivity index (χ0) is 14.6. The Bertz CT molecular complexity index is 421. The molecular formula is C15H22N2O3. The second kappa shape index (κ2) is 9.86. The Kier molecular flexibility index (Phi) is 7.91. The highest BCUT2D eigenvalue weighted by Crippen LogP contribution is 2.17. The van der Waals surface area contributed by atoms with Crippen molar-refractivity contribution >= 4 is 11.7 Å². The van der Waals surface area contributed by atoms with Crippen molar-refractivity contribution in [1.82, 2.24) is 5.32 Å². The first kappa shape index (κ1) is 16.0. The molecule has 110 valence electrons. The van der Waals surface area contributed by atoms with Crippen molar-refractivity contribution in [2.75, 3.05) is 31.7 Å². The zero-order valence-electron chi connectivity index (χ0n) is 11.9. The molecule has 0 aromatic heterocycles. The predicted molar refractivity (Wildman–Crippen MR) is 80.3 cm³/mol. The molecule has 0 aliphatic carbocycles. The number of urea groups is 1. The second-order valence-corrected chi connectivity index (χ2v) is 4.06. The number of benzene rings is 1. The minimum atomic E-state index is -0.234. The Balaban J connectivity index is 2.32. The van der Waals surface area contributed by atoms with E-state index in [0.717, 1.165) is 6.42 Å². The van der Waals surface area contributed by atoms with E-state index in [2.05, 4.69) is 17.2 Å². The molecule has 5 heteroatoms.